The van der Waals surface area contributed by atoms with Gasteiger partial charge >= 0.3 is 5.97 Å². The first-order valence-electron chi connectivity index (χ1n) is 6.83. The largest absolute Gasteiger partial charge is 0.477 e. The third kappa shape index (κ3) is 2.62. The van der Waals surface area contributed by atoms with Crippen LogP contribution in [0.15, 0.2) is 16.7 Å². The molecule has 8 heteroatoms. The summed E-state index contributed by atoms with van der Waals surface area (Å²) in [4.78, 5) is 11.8. The molecule has 0 radical (unpaired) electrons. The molecule has 3 rings (SSSR count). The fourth-order valence-corrected chi connectivity index (χ4v) is 3.76. The van der Waals surface area contributed by atoms with Gasteiger partial charge < -0.3 is 14.4 Å². The Balaban J connectivity index is 2.23. The molecule has 0 atom stereocenters. The SMILES string of the molecule is COC1(c2onc(-c3c(Cl)cc(Cl)cc3Cl)c2C(=O)O)CCC1. The Hall–Kier alpha value is -1.27. The molecule has 0 unspecified atom stereocenters. The second-order valence-corrected chi connectivity index (χ2v) is 6.59. The van der Waals surface area contributed by atoms with Gasteiger partial charge in [-0.25, -0.2) is 4.79 Å². The molecule has 2 aromatic rings. The molecule has 0 bridgehead atoms. The Labute approximate surface area is 147 Å². The molecular formula is C15H12Cl3NO4. The Bertz CT molecular complexity index is 755. The summed E-state index contributed by atoms with van der Waals surface area (Å²) >= 11 is 18.2. The molecule has 0 saturated heterocycles. The highest BCUT2D eigenvalue weighted by atomic mass is 35.5. The van der Waals surface area contributed by atoms with Crippen LogP contribution in [0.25, 0.3) is 11.3 Å². The predicted octanol–water partition coefficient (Wildman–Crippen LogP) is 5.03. The van der Waals surface area contributed by atoms with Crippen molar-refractivity contribution in [2.45, 2.75) is 24.9 Å². The molecule has 23 heavy (non-hydrogen) atoms. The van der Waals surface area contributed by atoms with E-state index in [2.05, 4.69) is 5.16 Å². The Kier molecular flexibility index (Phi) is 4.31. The van der Waals surface area contributed by atoms with Gasteiger partial charge in [-0.3, -0.25) is 0 Å². The Morgan fingerprint density at radius 2 is 1.91 bits per heavy atom. The van der Waals surface area contributed by atoms with Gasteiger partial charge in [0.1, 0.15) is 16.9 Å². The number of hydrogen-bond acceptors (Lipinski definition) is 4. The van der Waals surface area contributed by atoms with E-state index >= 15 is 0 Å². The zero-order chi connectivity index (χ0) is 16.8. The van der Waals surface area contributed by atoms with Gasteiger partial charge in [0.2, 0.25) is 0 Å². The summed E-state index contributed by atoms with van der Waals surface area (Å²) in [5, 5.41) is 14.3. The standard InChI is InChI=1S/C15H12Cl3NO4/c1-22-15(3-2-4-15)13-11(14(20)21)12(19-23-13)10-8(17)5-7(16)6-9(10)18/h5-6H,2-4H2,1H3,(H,20,21). The number of rotatable bonds is 4. The number of aromatic carboxylic acids is 1. The number of methoxy groups -OCH3 is 1. The lowest BCUT2D eigenvalue weighted by Crippen LogP contribution is -2.37. The van der Waals surface area contributed by atoms with Gasteiger partial charge in [0, 0.05) is 17.7 Å². The molecule has 1 aromatic heterocycles. The van der Waals surface area contributed by atoms with Gasteiger partial charge in [-0.15, -0.1) is 0 Å². The van der Waals surface area contributed by atoms with Crippen LogP contribution in [0.1, 0.15) is 35.4 Å². The average Bonchev–Trinajstić information content (AvgIpc) is 2.82. The minimum atomic E-state index is -1.18. The smallest absolute Gasteiger partial charge is 0.341 e. The van der Waals surface area contributed by atoms with Crippen LogP contribution in [0.5, 0.6) is 0 Å². The molecule has 1 aromatic carbocycles. The third-order valence-electron chi connectivity index (χ3n) is 4.12. The van der Waals surface area contributed by atoms with Crippen LogP contribution in [0.2, 0.25) is 15.1 Å². The van der Waals surface area contributed by atoms with E-state index in [9.17, 15) is 9.90 Å². The maximum atomic E-state index is 11.8. The van der Waals surface area contributed by atoms with Crippen LogP contribution in [0.3, 0.4) is 0 Å². The lowest BCUT2D eigenvalue weighted by atomic mass is 9.76. The van der Waals surface area contributed by atoms with Gasteiger partial charge in [0.25, 0.3) is 0 Å². The summed E-state index contributed by atoms with van der Waals surface area (Å²) in [6.07, 6.45) is 2.26. The van der Waals surface area contributed by atoms with E-state index in [4.69, 9.17) is 44.1 Å². The lowest BCUT2D eigenvalue weighted by molar-refractivity contribution is -0.0961. The van der Waals surface area contributed by atoms with Crippen LogP contribution >= 0.6 is 34.8 Å². The quantitative estimate of drug-likeness (QED) is 0.810. The van der Waals surface area contributed by atoms with Gasteiger partial charge in [-0.1, -0.05) is 40.0 Å². The molecule has 1 N–H and O–H groups in total. The molecule has 122 valence electrons. The molecule has 0 amide bonds. The van der Waals surface area contributed by atoms with E-state index < -0.39 is 11.6 Å². The van der Waals surface area contributed by atoms with Crippen molar-refractivity contribution in [3.63, 3.8) is 0 Å². The molecule has 0 spiro atoms. The van der Waals surface area contributed by atoms with Crippen LogP contribution in [0, 0.1) is 0 Å². The lowest BCUT2D eigenvalue weighted by Gasteiger charge is -2.38. The second kappa shape index (κ2) is 5.98. The maximum Gasteiger partial charge on any atom is 0.341 e. The van der Waals surface area contributed by atoms with Crippen LogP contribution in [0.4, 0.5) is 0 Å². The van der Waals surface area contributed by atoms with E-state index in [1.54, 1.807) is 0 Å². The molecular weight excluding hydrogens is 365 g/mol. The summed E-state index contributed by atoms with van der Waals surface area (Å²) in [6.45, 7) is 0. The van der Waals surface area contributed by atoms with E-state index in [0.717, 1.165) is 6.42 Å². The zero-order valence-electron chi connectivity index (χ0n) is 12.0. The summed E-state index contributed by atoms with van der Waals surface area (Å²) in [7, 11) is 1.52. The number of aromatic nitrogens is 1. The number of carbonyl (C=O) groups is 1. The molecule has 1 saturated carbocycles. The number of carboxylic acids is 1. The fraction of sp³-hybridized carbons (Fsp3) is 0.333. The topological polar surface area (TPSA) is 72.6 Å². The van der Waals surface area contributed by atoms with Gasteiger partial charge in [-0.2, -0.15) is 0 Å². The Morgan fingerprint density at radius 1 is 1.30 bits per heavy atom. The number of ether oxygens (including phenoxy) is 1. The summed E-state index contributed by atoms with van der Waals surface area (Å²) < 4.78 is 10.8. The van der Waals surface area contributed by atoms with Crippen LogP contribution in [-0.4, -0.2) is 23.3 Å². The van der Waals surface area contributed by atoms with Crippen molar-refractivity contribution in [2.75, 3.05) is 7.11 Å². The van der Waals surface area contributed by atoms with Crippen molar-refractivity contribution in [1.82, 2.24) is 5.16 Å². The molecule has 1 aliphatic rings. The molecule has 1 heterocycles. The van der Waals surface area contributed by atoms with E-state index in [1.165, 1.54) is 19.2 Å². The van der Waals surface area contributed by atoms with E-state index in [1.807, 2.05) is 0 Å². The highest BCUT2D eigenvalue weighted by Crippen LogP contribution is 2.48. The number of carboxylic acid groups (broad SMARTS) is 1. The number of hydrogen-bond donors (Lipinski definition) is 1. The number of nitrogens with zero attached hydrogens (tertiary/aromatic N) is 1. The Morgan fingerprint density at radius 3 is 2.35 bits per heavy atom. The number of halogens is 3. The van der Waals surface area contributed by atoms with Crippen LogP contribution < -0.4 is 0 Å². The minimum absolute atomic E-state index is 0.0718. The van der Waals surface area contributed by atoms with Gasteiger partial charge in [0.15, 0.2) is 5.76 Å². The first kappa shape index (κ1) is 16.6. The highest BCUT2D eigenvalue weighted by Gasteiger charge is 2.47. The van der Waals surface area contributed by atoms with E-state index in [0.29, 0.717) is 17.9 Å². The number of benzene rings is 1. The summed E-state index contributed by atoms with van der Waals surface area (Å²) in [5.41, 5.74) is -0.500. The minimum Gasteiger partial charge on any atom is -0.477 e. The maximum absolute atomic E-state index is 11.8. The average molecular weight is 377 g/mol. The van der Waals surface area contributed by atoms with Crippen molar-refractivity contribution >= 4 is 40.8 Å². The zero-order valence-corrected chi connectivity index (χ0v) is 14.3. The highest BCUT2D eigenvalue weighted by molar-refractivity contribution is 6.42. The predicted molar refractivity (Wildman–Crippen MR) is 86.5 cm³/mol. The fourth-order valence-electron chi connectivity index (χ4n) is 2.76. The van der Waals surface area contributed by atoms with Crippen molar-refractivity contribution in [3.8, 4) is 11.3 Å². The summed E-state index contributed by atoms with van der Waals surface area (Å²) in [6, 6.07) is 2.94. The summed E-state index contributed by atoms with van der Waals surface area (Å²) in [5.74, 6) is -0.988. The second-order valence-electron chi connectivity index (χ2n) is 5.34. The molecule has 0 aliphatic heterocycles. The monoisotopic (exact) mass is 375 g/mol. The van der Waals surface area contributed by atoms with Gasteiger partial charge in [-0.05, 0) is 31.4 Å². The van der Waals surface area contributed by atoms with Crippen molar-refractivity contribution in [1.29, 1.82) is 0 Å². The van der Waals surface area contributed by atoms with Crippen molar-refractivity contribution < 1.29 is 19.2 Å². The first-order valence-corrected chi connectivity index (χ1v) is 7.96. The van der Waals surface area contributed by atoms with Gasteiger partial charge in [0.05, 0.1) is 10.0 Å². The van der Waals surface area contributed by atoms with Crippen molar-refractivity contribution in [3.05, 3.63) is 38.5 Å². The first-order chi connectivity index (χ1) is 10.9. The molecule has 1 fully saturated rings. The van der Waals surface area contributed by atoms with Crippen molar-refractivity contribution in [2.24, 2.45) is 0 Å². The van der Waals surface area contributed by atoms with Crippen LogP contribution in [-0.2, 0) is 10.3 Å². The van der Waals surface area contributed by atoms with E-state index in [-0.39, 0.29) is 32.6 Å². The molecule has 1 aliphatic carbocycles. The molecule has 5 nitrogen and oxygen atoms in total. The third-order valence-corrected chi connectivity index (χ3v) is 4.93. The normalized spacial score (nSPS) is 16.2.